The maximum absolute atomic E-state index is 10.7. The van der Waals surface area contributed by atoms with Gasteiger partial charge in [0.25, 0.3) is 0 Å². The van der Waals surface area contributed by atoms with E-state index in [1.54, 1.807) is 11.8 Å². The largest absolute Gasteiger partial charge is 0.387 e. The molecule has 2 heteroatoms. The molecule has 0 spiro atoms. The molecule has 3 aromatic carbocycles. The van der Waals surface area contributed by atoms with E-state index in [0.717, 1.165) is 11.1 Å². The van der Waals surface area contributed by atoms with Crippen molar-refractivity contribution in [2.75, 3.05) is 0 Å². The van der Waals surface area contributed by atoms with Crippen LogP contribution in [0.2, 0.25) is 0 Å². The molecule has 3 aromatic rings. The van der Waals surface area contributed by atoms with E-state index in [0.29, 0.717) is 0 Å². The Bertz CT molecular complexity index is 848. The summed E-state index contributed by atoms with van der Waals surface area (Å²) in [6, 6.07) is 22.8. The first-order valence-electron chi connectivity index (χ1n) is 7.42. The summed E-state index contributed by atoms with van der Waals surface area (Å²) in [6.45, 7) is 0. The van der Waals surface area contributed by atoms with Crippen molar-refractivity contribution in [3.05, 3.63) is 83.9 Å². The van der Waals surface area contributed by atoms with Gasteiger partial charge in [-0.05, 0) is 28.0 Å². The summed E-state index contributed by atoms with van der Waals surface area (Å²) in [4.78, 5) is 1.21. The highest BCUT2D eigenvalue weighted by Gasteiger charge is 2.25. The molecular weight excluding hydrogens is 288 g/mol. The zero-order chi connectivity index (χ0) is 14.9. The lowest BCUT2D eigenvalue weighted by Crippen LogP contribution is -2.16. The minimum absolute atomic E-state index is 0.0423. The van der Waals surface area contributed by atoms with Crippen molar-refractivity contribution in [2.45, 2.75) is 16.2 Å². The first-order valence-corrected chi connectivity index (χ1v) is 8.30. The van der Waals surface area contributed by atoms with Crippen molar-refractivity contribution in [3.63, 3.8) is 0 Å². The Hall–Kier alpha value is -2.03. The van der Waals surface area contributed by atoms with Crippen LogP contribution in [0.25, 0.3) is 16.8 Å². The maximum atomic E-state index is 10.7. The molecule has 1 aliphatic carbocycles. The zero-order valence-corrected chi connectivity index (χ0v) is 12.8. The smallest absolute Gasteiger partial charge is 0.0952 e. The topological polar surface area (TPSA) is 20.2 Å². The summed E-state index contributed by atoms with van der Waals surface area (Å²) in [7, 11) is 0. The van der Waals surface area contributed by atoms with Crippen LogP contribution >= 0.6 is 11.8 Å². The van der Waals surface area contributed by atoms with Gasteiger partial charge >= 0.3 is 0 Å². The van der Waals surface area contributed by atoms with Crippen molar-refractivity contribution in [1.82, 2.24) is 0 Å². The Morgan fingerprint density at radius 2 is 1.59 bits per heavy atom. The second kappa shape index (κ2) is 5.64. The number of fused-ring (bicyclic) bond motifs is 2. The van der Waals surface area contributed by atoms with Crippen molar-refractivity contribution < 1.29 is 5.11 Å². The van der Waals surface area contributed by atoms with Crippen LogP contribution in [0.4, 0.5) is 0 Å². The van der Waals surface area contributed by atoms with Gasteiger partial charge in [0.15, 0.2) is 0 Å². The third kappa shape index (κ3) is 2.35. The van der Waals surface area contributed by atoms with E-state index in [2.05, 4.69) is 54.6 Å². The SMILES string of the molecule is O[C@@H]1c2ccccc2C=C[C@H]1Sc1cccc2ccccc12. The monoisotopic (exact) mass is 304 g/mol. The van der Waals surface area contributed by atoms with Crippen molar-refractivity contribution >= 4 is 28.6 Å². The molecule has 1 N–H and O–H groups in total. The molecule has 0 bridgehead atoms. The molecule has 0 saturated heterocycles. The summed E-state index contributed by atoms with van der Waals surface area (Å²) in [6.07, 6.45) is 3.76. The van der Waals surface area contributed by atoms with Gasteiger partial charge < -0.3 is 5.11 Å². The molecule has 1 nitrogen and oxygen atoms in total. The number of hydrogen-bond acceptors (Lipinski definition) is 2. The van der Waals surface area contributed by atoms with E-state index >= 15 is 0 Å². The van der Waals surface area contributed by atoms with Gasteiger partial charge in [-0.15, -0.1) is 11.8 Å². The van der Waals surface area contributed by atoms with E-state index in [-0.39, 0.29) is 5.25 Å². The molecular formula is C20H16OS. The highest BCUT2D eigenvalue weighted by Crippen LogP contribution is 2.40. The molecule has 0 aliphatic heterocycles. The van der Waals surface area contributed by atoms with Crippen LogP contribution in [0.3, 0.4) is 0 Å². The Morgan fingerprint density at radius 3 is 2.55 bits per heavy atom. The molecule has 1 aliphatic rings. The van der Waals surface area contributed by atoms with Crippen LogP contribution < -0.4 is 0 Å². The van der Waals surface area contributed by atoms with Crippen LogP contribution in [0.15, 0.2) is 77.7 Å². The van der Waals surface area contributed by atoms with Crippen LogP contribution in [-0.2, 0) is 0 Å². The van der Waals surface area contributed by atoms with Gasteiger partial charge in [-0.3, -0.25) is 0 Å². The maximum Gasteiger partial charge on any atom is 0.0952 e. The first-order chi connectivity index (χ1) is 10.8. The molecule has 22 heavy (non-hydrogen) atoms. The van der Waals surface area contributed by atoms with Crippen molar-refractivity contribution in [2.24, 2.45) is 0 Å². The number of rotatable bonds is 2. The Morgan fingerprint density at radius 1 is 0.818 bits per heavy atom. The molecule has 0 saturated carbocycles. The standard InChI is InChI=1S/C20H16OS/c21-20-17-10-4-2-7-15(17)12-13-19(20)22-18-11-5-8-14-6-1-3-9-16(14)18/h1-13,19-21H/t19-,20-/m1/s1. The van der Waals surface area contributed by atoms with Crippen LogP contribution in [0.5, 0.6) is 0 Å². The van der Waals surface area contributed by atoms with Crippen LogP contribution in [0.1, 0.15) is 17.2 Å². The lowest BCUT2D eigenvalue weighted by Gasteiger charge is -2.25. The summed E-state index contributed by atoms with van der Waals surface area (Å²) in [5, 5.41) is 13.2. The minimum Gasteiger partial charge on any atom is -0.387 e. The number of hydrogen-bond donors (Lipinski definition) is 1. The predicted octanol–water partition coefficient (Wildman–Crippen LogP) is 5.06. The molecule has 108 valence electrons. The summed E-state index contributed by atoms with van der Waals surface area (Å²) in [5.41, 5.74) is 2.13. The van der Waals surface area contributed by atoms with E-state index in [9.17, 15) is 5.11 Å². The van der Waals surface area contributed by atoms with Gasteiger partial charge in [0.05, 0.1) is 11.4 Å². The summed E-state index contributed by atoms with van der Waals surface area (Å²) in [5.74, 6) is 0. The fourth-order valence-electron chi connectivity index (χ4n) is 2.96. The zero-order valence-electron chi connectivity index (χ0n) is 12.0. The first kappa shape index (κ1) is 13.6. The third-order valence-corrected chi connectivity index (χ3v) is 5.40. The van der Waals surface area contributed by atoms with Gasteiger partial charge in [-0.1, -0.05) is 72.8 Å². The average Bonchev–Trinajstić information content (AvgIpc) is 2.58. The van der Waals surface area contributed by atoms with E-state index in [1.807, 2.05) is 24.3 Å². The van der Waals surface area contributed by atoms with E-state index < -0.39 is 6.10 Å². The molecule has 4 rings (SSSR count). The normalized spacial score (nSPS) is 20.0. The highest BCUT2D eigenvalue weighted by atomic mass is 32.2. The quantitative estimate of drug-likeness (QED) is 0.714. The molecule has 2 atom stereocenters. The molecule has 0 fully saturated rings. The van der Waals surface area contributed by atoms with Gasteiger partial charge in [-0.25, -0.2) is 0 Å². The third-order valence-electron chi connectivity index (χ3n) is 4.10. The molecule has 0 amide bonds. The Labute approximate surface area is 134 Å². The second-order valence-electron chi connectivity index (χ2n) is 5.49. The summed E-state index contributed by atoms with van der Waals surface area (Å²) >= 11 is 1.73. The molecule has 0 aromatic heterocycles. The number of benzene rings is 3. The van der Waals surface area contributed by atoms with Gasteiger partial charge in [0.2, 0.25) is 0 Å². The average molecular weight is 304 g/mol. The van der Waals surface area contributed by atoms with Crippen molar-refractivity contribution in [1.29, 1.82) is 0 Å². The number of aliphatic hydroxyl groups excluding tert-OH is 1. The molecule has 0 radical (unpaired) electrons. The van der Waals surface area contributed by atoms with Gasteiger partial charge in [-0.2, -0.15) is 0 Å². The minimum atomic E-state index is -0.467. The van der Waals surface area contributed by atoms with Crippen LogP contribution in [0, 0.1) is 0 Å². The van der Waals surface area contributed by atoms with E-state index in [4.69, 9.17) is 0 Å². The number of aliphatic hydroxyl groups is 1. The van der Waals surface area contributed by atoms with Gasteiger partial charge in [0.1, 0.15) is 0 Å². The van der Waals surface area contributed by atoms with Crippen molar-refractivity contribution in [3.8, 4) is 0 Å². The van der Waals surface area contributed by atoms with Gasteiger partial charge in [0, 0.05) is 4.90 Å². The fraction of sp³-hybridized carbons (Fsp3) is 0.100. The molecule has 0 unspecified atom stereocenters. The lowest BCUT2D eigenvalue weighted by molar-refractivity contribution is 0.185. The van der Waals surface area contributed by atoms with E-state index in [1.165, 1.54) is 15.7 Å². The predicted molar refractivity (Wildman–Crippen MR) is 94.0 cm³/mol. The van der Waals surface area contributed by atoms with Crippen LogP contribution in [-0.4, -0.2) is 10.4 Å². The second-order valence-corrected chi connectivity index (χ2v) is 6.71. The number of thioether (sulfide) groups is 1. The fourth-order valence-corrected chi connectivity index (χ4v) is 4.16. The molecule has 0 heterocycles. The Kier molecular flexibility index (Phi) is 3.49. The lowest BCUT2D eigenvalue weighted by atomic mass is 9.95. The summed E-state index contributed by atoms with van der Waals surface area (Å²) < 4.78 is 0. The highest BCUT2D eigenvalue weighted by molar-refractivity contribution is 8.00. The Balaban J connectivity index is 1.70.